The number of para-hydroxylation sites is 1. The van der Waals surface area contributed by atoms with Crippen molar-refractivity contribution in [3.05, 3.63) is 59.1 Å². The number of carbonyl (C=O) groups excluding carboxylic acids is 3. The number of aromatic nitrogens is 2. The van der Waals surface area contributed by atoms with Crippen LogP contribution in [0.1, 0.15) is 18.2 Å². The molecule has 2 aromatic heterocycles. The first-order chi connectivity index (χ1) is 16.4. The Balaban J connectivity index is 1.27. The summed E-state index contributed by atoms with van der Waals surface area (Å²) in [5, 5.41) is 10.7. The average molecular weight is 512 g/mol. The molecule has 3 amide bonds. The molecule has 0 saturated carbocycles. The van der Waals surface area contributed by atoms with E-state index >= 15 is 0 Å². The largest absolute Gasteiger partial charge is 0.326 e. The summed E-state index contributed by atoms with van der Waals surface area (Å²) in [6.45, 7) is 3.42. The van der Waals surface area contributed by atoms with Crippen molar-refractivity contribution in [2.75, 3.05) is 21.7 Å². The number of nitrogens with one attached hydrogen (secondary N) is 3. The fraction of sp³-hybridized carbons (Fsp3) is 0.174. The van der Waals surface area contributed by atoms with E-state index in [2.05, 4.69) is 25.9 Å². The van der Waals surface area contributed by atoms with Crippen LogP contribution in [0.3, 0.4) is 0 Å². The lowest BCUT2D eigenvalue weighted by Gasteiger charge is -2.07. The van der Waals surface area contributed by atoms with Crippen molar-refractivity contribution >= 4 is 78.9 Å². The second kappa shape index (κ2) is 10.8. The summed E-state index contributed by atoms with van der Waals surface area (Å²) in [6.07, 6.45) is 0.133. The number of amides is 3. The van der Waals surface area contributed by atoms with Gasteiger partial charge < -0.3 is 16.0 Å². The van der Waals surface area contributed by atoms with E-state index in [1.54, 1.807) is 24.3 Å². The molecule has 0 bridgehead atoms. The molecule has 0 fully saturated rings. The standard InChI is InChI=1S/C23H21N5O3S3/c1-13-5-3-8-18-21(13)28-22(34-18)27-19(30)10-17-11-32-23(26-17)33-12-20(31)25-16-7-4-6-15(9-16)24-14(2)29/h3-9,11H,10,12H2,1-2H3,(H,24,29)(H,25,31)(H,27,28,30). The summed E-state index contributed by atoms with van der Waals surface area (Å²) in [6, 6.07) is 12.9. The van der Waals surface area contributed by atoms with Gasteiger partial charge in [-0.1, -0.05) is 41.3 Å². The molecule has 0 spiro atoms. The molecule has 0 aliphatic rings. The van der Waals surface area contributed by atoms with Gasteiger partial charge in [0.1, 0.15) is 0 Å². The molecule has 0 atom stereocenters. The van der Waals surface area contributed by atoms with Crippen molar-refractivity contribution in [2.45, 2.75) is 24.6 Å². The van der Waals surface area contributed by atoms with Gasteiger partial charge in [0.2, 0.25) is 17.7 Å². The van der Waals surface area contributed by atoms with Gasteiger partial charge in [0.25, 0.3) is 0 Å². The molecular formula is C23H21N5O3S3. The third-order valence-corrected chi connectivity index (χ3v) is 7.54. The minimum absolute atomic E-state index is 0.133. The molecule has 0 unspecified atom stereocenters. The van der Waals surface area contributed by atoms with Crippen molar-refractivity contribution in [3.63, 3.8) is 0 Å². The summed E-state index contributed by atoms with van der Waals surface area (Å²) in [5.41, 5.74) is 3.82. The molecule has 4 rings (SSSR count). The lowest BCUT2D eigenvalue weighted by Crippen LogP contribution is -2.15. The molecule has 0 aliphatic heterocycles. The van der Waals surface area contributed by atoms with Gasteiger partial charge in [-0.25, -0.2) is 9.97 Å². The number of anilines is 3. The Morgan fingerprint density at radius 3 is 2.50 bits per heavy atom. The van der Waals surface area contributed by atoms with Crippen LogP contribution in [0.5, 0.6) is 0 Å². The van der Waals surface area contributed by atoms with Gasteiger partial charge in [0.05, 0.1) is 28.1 Å². The normalized spacial score (nSPS) is 10.8. The summed E-state index contributed by atoms with van der Waals surface area (Å²) in [5.74, 6) is -0.377. The van der Waals surface area contributed by atoms with Crippen molar-refractivity contribution in [2.24, 2.45) is 0 Å². The number of nitrogens with zero attached hydrogens (tertiary/aromatic N) is 2. The van der Waals surface area contributed by atoms with Gasteiger partial charge in [0.15, 0.2) is 9.47 Å². The molecule has 174 valence electrons. The number of rotatable bonds is 8. The van der Waals surface area contributed by atoms with Gasteiger partial charge in [-0.3, -0.25) is 14.4 Å². The number of hydrogen-bond donors (Lipinski definition) is 3. The van der Waals surface area contributed by atoms with Gasteiger partial charge >= 0.3 is 0 Å². The van der Waals surface area contributed by atoms with Crippen molar-refractivity contribution < 1.29 is 14.4 Å². The van der Waals surface area contributed by atoms with Crippen LogP contribution in [0.2, 0.25) is 0 Å². The fourth-order valence-corrected chi connectivity index (χ4v) is 5.71. The maximum absolute atomic E-state index is 12.4. The van der Waals surface area contributed by atoms with Crippen LogP contribution in [0.15, 0.2) is 52.2 Å². The maximum atomic E-state index is 12.4. The van der Waals surface area contributed by atoms with Crippen LogP contribution < -0.4 is 16.0 Å². The lowest BCUT2D eigenvalue weighted by molar-refractivity contribution is -0.116. The Kier molecular flexibility index (Phi) is 7.56. The highest BCUT2D eigenvalue weighted by molar-refractivity contribution is 8.01. The van der Waals surface area contributed by atoms with Crippen LogP contribution in [-0.2, 0) is 20.8 Å². The van der Waals surface area contributed by atoms with E-state index in [0.29, 0.717) is 26.5 Å². The van der Waals surface area contributed by atoms with Gasteiger partial charge in [-0.05, 0) is 36.8 Å². The lowest BCUT2D eigenvalue weighted by atomic mass is 10.2. The predicted octanol–water partition coefficient (Wildman–Crippen LogP) is 4.93. The molecule has 2 aromatic carbocycles. The molecule has 34 heavy (non-hydrogen) atoms. The van der Waals surface area contributed by atoms with Crippen molar-refractivity contribution in [1.82, 2.24) is 9.97 Å². The zero-order chi connectivity index (χ0) is 24.1. The molecule has 3 N–H and O–H groups in total. The highest BCUT2D eigenvalue weighted by atomic mass is 32.2. The van der Waals surface area contributed by atoms with E-state index in [4.69, 9.17) is 0 Å². The number of thiazole rings is 2. The van der Waals surface area contributed by atoms with Crippen molar-refractivity contribution in [3.8, 4) is 0 Å². The highest BCUT2D eigenvalue weighted by Crippen LogP contribution is 2.28. The number of thioether (sulfide) groups is 1. The summed E-state index contributed by atoms with van der Waals surface area (Å²) in [7, 11) is 0. The van der Waals surface area contributed by atoms with E-state index in [9.17, 15) is 14.4 Å². The van der Waals surface area contributed by atoms with E-state index in [1.165, 1.54) is 41.4 Å². The number of benzene rings is 2. The summed E-state index contributed by atoms with van der Waals surface area (Å²) >= 11 is 4.14. The smallest absolute Gasteiger partial charge is 0.234 e. The van der Waals surface area contributed by atoms with Crippen LogP contribution in [0.4, 0.5) is 16.5 Å². The van der Waals surface area contributed by atoms with Crippen LogP contribution in [-0.4, -0.2) is 33.4 Å². The van der Waals surface area contributed by atoms with E-state index in [0.717, 1.165) is 15.8 Å². The molecule has 0 saturated heterocycles. The van der Waals surface area contributed by atoms with Crippen molar-refractivity contribution in [1.29, 1.82) is 0 Å². The van der Waals surface area contributed by atoms with Gasteiger partial charge in [-0.15, -0.1) is 11.3 Å². The molecular weight excluding hydrogens is 490 g/mol. The van der Waals surface area contributed by atoms with Crippen LogP contribution >= 0.6 is 34.4 Å². The van der Waals surface area contributed by atoms with E-state index in [1.807, 2.05) is 30.5 Å². The molecule has 2 heterocycles. The number of aryl methyl sites for hydroxylation is 1. The van der Waals surface area contributed by atoms with E-state index < -0.39 is 0 Å². The minimum atomic E-state index is -0.189. The topological polar surface area (TPSA) is 113 Å². The number of fused-ring (bicyclic) bond motifs is 1. The first kappa shape index (κ1) is 23.9. The Labute approximate surface area is 208 Å². The van der Waals surface area contributed by atoms with Gasteiger partial charge in [-0.2, -0.15) is 0 Å². The number of hydrogen-bond acceptors (Lipinski definition) is 8. The molecule has 0 aliphatic carbocycles. The molecule has 0 radical (unpaired) electrons. The summed E-state index contributed by atoms with van der Waals surface area (Å²) in [4.78, 5) is 44.9. The third-order valence-electron chi connectivity index (χ3n) is 4.53. The van der Waals surface area contributed by atoms with E-state index in [-0.39, 0.29) is 29.9 Å². The fourth-order valence-electron chi connectivity index (χ4n) is 3.11. The predicted molar refractivity (Wildman–Crippen MR) is 139 cm³/mol. The van der Waals surface area contributed by atoms with Crippen LogP contribution in [0, 0.1) is 6.92 Å². The second-order valence-electron chi connectivity index (χ2n) is 7.37. The minimum Gasteiger partial charge on any atom is -0.326 e. The zero-order valence-electron chi connectivity index (χ0n) is 18.4. The average Bonchev–Trinajstić information content (AvgIpc) is 3.39. The monoisotopic (exact) mass is 511 g/mol. The SMILES string of the molecule is CC(=O)Nc1cccc(NC(=O)CSc2nc(CC(=O)Nc3nc4c(C)cccc4s3)cs2)c1. The summed E-state index contributed by atoms with van der Waals surface area (Å²) < 4.78 is 1.74. The first-order valence-electron chi connectivity index (χ1n) is 10.3. The third kappa shape index (κ3) is 6.40. The first-order valence-corrected chi connectivity index (χ1v) is 12.9. The molecule has 8 nitrogen and oxygen atoms in total. The Bertz CT molecular complexity index is 1360. The zero-order valence-corrected chi connectivity index (χ0v) is 20.8. The Hall–Kier alpha value is -3.28. The number of carbonyl (C=O) groups is 3. The highest BCUT2D eigenvalue weighted by Gasteiger charge is 2.13. The Morgan fingerprint density at radius 2 is 1.74 bits per heavy atom. The molecule has 11 heteroatoms. The Morgan fingerprint density at radius 1 is 0.971 bits per heavy atom. The van der Waals surface area contributed by atoms with Gasteiger partial charge in [0, 0.05) is 23.7 Å². The quantitative estimate of drug-likeness (QED) is 0.289. The molecule has 4 aromatic rings. The van der Waals surface area contributed by atoms with Crippen LogP contribution in [0.25, 0.3) is 10.2 Å². The maximum Gasteiger partial charge on any atom is 0.234 e. The second-order valence-corrected chi connectivity index (χ2v) is 10.5.